The van der Waals surface area contributed by atoms with Crippen molar-refractivity contribution in [3.8, 4) is 0 Å². The van der Waals surface area contributed by atoms with E-state index in [1.807, 2.05) is 26.0 Å². The smallest absolute Gasteiger partial charge is 0.129 e. The first kappa shape index (κ1) is 19.0. The van der Waals surface area contributed by atoms with E-state index in [1.165, 1.54) is 12.1 Å². The number of rotatable bonds is 2. The second-order valence-electron chi connectivity index (χ2n) is 6.66. The molecule has 140 valence electrons. The van der Waals surface area contributed by atoms with Crippen LogP contribution in [0.15, 0.2) is 36.4 Å². The van der Waals surface area contributed by atoms with Crippen LogP contribution in [-0.2, 0) is 22.3 Å². The van der Waals surface area contributed by atoms with E-state index in [0.717, 1.165) is 61.2 Å². The van der Waals surface area contributed by atoms with Gasteiger partial charge in [0.2, 0.25) is 0 Å². The summed E-state index contributed by atoms with van der Waals surface area (Å²) >= 11 is 0. The lowest BCUT2D eigenvalue weighted by atomic mass is 9.96. The molecule has 0 bridgehead atoms. The highest BCUT2D eigenvalue weighted by Crippen LogP contribution is 2.32. The Morgan fingerprint density at radius 1 is 0.769 bits per heavy atom. The second-order valence-corrected chi connectivity index (χ2v) is 6.66. The third kappa shape index (κ3) is 3.97. The lowest BCUT2D eigenvalue weighted by Gasteiger charge is -2.25. The summed E-state index contributed by atoms with van der Waals surface area (Å²) in [5.74, 6) is -0.242. The second kappa shape index (κ2) is 8.74. The van der Waals surface area contributed by atoms with E-state index >= 15 is 0 Å². The van der Waals surface area contributed by atoms with Crippen LogP contribution in [0.5, 0.6) is 0 Å². The molecule has 2 aromatic rings. The van der Waals surface area contributed by atoms with Gasteiger partial charge in [0.15, 0.2) is 0 Å². The van der Waals surface area contributed by atoms with Crippen molar-refractivity contribution in [1.29, 1.82) is 0 Å². The monoisotopic (exact) mass is 360 g/mol. The van der Waals surface area contributed by atoms with Crippen molar-refractivity contribution in [2.45, 2.75) is 51.7 Å². The van der Waals surface area contributed by atoms with Crippen molar-refractivity contribution >= 4 is 0 Å². The van der Waals surface area contributed by atoms with Crippen LogP contribution in [0.25, 0.3) is 0 Å². The van der Waals surface area contributed by atoms with E-state index in [-0.39, 0.29) is 23.8 Å². The van der Waals surface area contributed by atoms with Crippen LogP contribution in [-0.4, -0.2) is 13.2 Å². The van der Waals surface area contributed by atoms with Crippen molar-refractivity contribution in [2.24, 2.45) is 0 Å². The first-order chi connectivity index (χ1) is 12.7. The zero-order valence-corrected chi connectivity index (χ0v) is 15.4. The third-order valence-electron chi connectivity index (χ3n) is 5.05. The molecule has 2 atom stereocenters. The molecule has 0 radical (unpaired) electrons. The molecule has 0 saturated carbocycles. The topological polar surface area (TPSA) is 18.5 Å². The molecule has 0 fully saturated rings. The highest BCUT2D eigenvalue weighted by Gasteiger charge is 2.23. The number of hydrogen-bond acceptors (Lipinski definition) is 2. The third-order valence-corrected chi connectivity index (χ3v) is 5.05. The summed E-state index contributed by atoms with van der Waals surface area (Å²) in [6.07, 6.45) is 3.28. The van der Waals surface area contributed by atoms with Crippen molar-refractivity contribution in [1.82, 2.24) is 0 Å². The fraction of sp³-hybridized carbons (Fsp3) is 0.455. The van der Waals surface area contributed by atoms with Crippen molar-refractivity contribution in [2.75, 3.05) is 13.2 Å². The average Bonchev–Trinajstić information content (AvgIpc) is 2.68. The Hall–Kier alpha value is -1.78. The van der Waals surface area contributed by atoms with Crippen LogP contribution < -0.4 is 0 Å². The van der Waals surface area contributed by atoms with E-state index in [2.05, 4.69) is 0 Å². The molecule has 0 saturated heterocycles. The first-order valence-electron chi connectivity index (χ1n) is 9.43. The lowest BCUT2D eigenvalue weighted by Crippen LogP contribution is -2.17. The molecule has 4 heteroatoms. The Labute approximate surface area is 154 Å². The molecule has 2 heterocycles. The largest absolute Gasteiger partial charge is 0.373 e. The van der Waals surface area contributed by atoms with Gasteiger partial charge in [-0.15, -0.1) is 0 Å². The summed E-state index contributed by atoms with van der Waals surface area (Å²) in [5.41, 5.74) is 3.77. The molecule has 2 nitrogen and oxygen atoms in total. The average molecular weight is 360 g/mol. The Morgan fingerprint density at radius 2 is 1.19 bits per heavy atom. The van der Waals surface area contributed by atoms with Crippen molar-refractivity contribution in [3.05, 3.63) is 70.3 Å². The van der Waals surface area contributed by atoms with Gasteiger partial charge in [0.25, 0.3) is 0 Å². The number of benzene rings is 2. The molecule has 0 unspecified atom stereocenters. The van der Waals surface area contributed by atoms with Crippen LogP contribution in [0.1, 0.15) is 61.2 Å². The minimum Gasteiger partial charge on any atom is -0.373 e. The summed E-state index contributed by atoms with van der Waals surface area (Å²) < 4.78 is 37.8. The fourth-order valence-electron chi connectivity index (χ4n) is 3.75. The molecule has 2 aromatic carbocycles. The van der Waals surface area contributed by atoms with Gasteiger partial charge in [-0.25, -0.2) is 8.78 Å². The standard InChI is InChI=1S/2C11H13FO/c2*1-2-10-11-8(6-7-13-10)4-3-5-9(11)12/h2*3-5,10H,2,6-7H2,1H3/t2*10-/m00/s1. The Bertz CT molecular complexity index is 681. The number of fused-ring (bicyclic) bond motifs is 2. The van der Waals surface area contributed by atoms with E-state index < -0.39 is 0 Å². The van der Waals surface area contributed by atoms with E-state index in [4.69, 9.17) is 9.47 Å². The molecule has 0 N–H and O–H groups in total. The zero-order valence-electron chi connectivity index (χ0n) is 15.4. The number of halogens is 2. The molecule has 0 aromatic heterocycles. The van der Waals surface area contributed by atoms with Crippen LogP contribution in [0.3, 0.4) is 0 Å². The van der Waals surface area contributed by atoms with Gasteiger partial charge in [0, 0.05) is 11.1 Å². The van der Waals surface area contributed by atoms with Crippen molar-refractivity contribution < 1.29 is 18.3 Å². The zero-order chi connectivity index (χ0) is 18.5. The molecular weight excluding hydrogens is 334 g/mol. The molecule has 0 aliphatic carbocycles. The van der Waals surface area contributed by atoms with Crippen molar-refractivity contribution in [3.63, 3.8) is 0 Å². The van der Waals surface area contributed by atoms with Crippen LogP contribution in [0.4, 0.5) is 8.78 Å². The number of ether oxygens (including phenoxy) is 2. The molecule has 26 heavy (non-hydrogen) atoms. The summed E-state index contributed by atoms with van der Waals surface area (Å²) in [6.45, 7) is 5.47. The van der Waals surface area contributed by atoms with Crippen LogP contribution in [0, 0.1) is 11.6 Å². The minimum atomic E-state index is -0.121. The first-order valence-corrected chi connectivity index (χ1v) is 9.43. The Morgan fingerprint density at radius 3 is 1.58 bits per heavy atom. The van der Waals surface area contributed by atoms with E-state index in [0.29, 0.717) is 0 Å². The maximum Gasteiger partial charge on any atom is 0.129 e. The summed E-state index contributed by atoms with van der Waals surface area (Å²) in [4.78, 5) is 0. The molecule has 0 amide bonds. The summed E-state index contributed by atoms with van der Waals surface area (Å²) in [6, 6.07) is 10.5. The predicted octanol–water partition coefficient (Wildman–Crippen LogP) is 5.70. The van der Waals surface area contributed by atoms with Gasteiger partial charge < -0.3 is 9.47 Å². The normalized spacial score (nSPS) is 21.2. The SMILES string of the molecule is CC[C@@H]1OCCc2cccc(F)c21.CC[C@@H]1OCCc2cccc(F)c21. The van der Waals surface area contributed by atoms with Gasteiger partial charge in [-0.2, -0.15) is 0 Å². The molecule has 2 aliphatic rings. The summed E-state index contributed by atoms with van der Waals surface area (Å²) in [5, 5.41) is 0. The van der Waals surface area contributed by atoms with Gasteiger partial charge in [0.1, 0.15) is 11.6 Å². The maximum atomic E-state index is 13.4. The van der Waals surface area contributed by atoms with E-state index in [1.54, 1.807) is 12.1 Å². The minimum absolute atomic E-state index is 0.0371. The van der Waals surface area contributed by atoms with Gasteiger partial charge in [-0.1, -0.05) is 38.1 Å². The molecular formula is C22H26F2O2. The predicted molar refractivity (Wildman–Crippen MR) is 98.2 cm³/mol. The van der Waals surface area contributed by atoms with Gasteiger partial charge in [0.05, 0.1) is 25.4 Å². The Balaban J connectivity index is 0.000000151. The summed E-state index contributed by atoms with van der Waals surface area (Å²) in [7, 11) is 0. The maximum absolute atomic E-state index is 13.4. The van der Waals surface area contributed by atoms with Crippen LogP contribution in [0.2, 0.25) is 0 Å². The van der Waals surface area contributed by atoms with Gasteiger partial charge >= 0.3 is 0 Å². The highest BCUT2D eigenvalue weighted by molar-refractivity contribution is 5.33. The molecule has 4 rings (SSSR count). The Kier molecular flexibility index (Phi) is 6.38. The number of hydrogen-bond donors (Lipinski definition) is 0. The lowest BCUT2D eigenvalue weighted by molar-refractivity contribution is 0.0369. The molecule has 0 spiro atoms. The quantitative estimate of drug-likeness (QED) is 0.684. The van der Waals surface area contributed by atoms with Crippen LogP contribution >= 0.6 is 0 Å². The van der Waals surface area contributed by atoms with E-state index in [9.17, 15) is 8.78 Å². The van der Waals surface area contributed by atoms with Gasteiger partial charge in [-0.05, 0) is 48.9 Å². The van der Waals surface area contributed by atoms with Gasteiger partial charge in [-0.3, -0.25) is 0 Å². The molecule has 2 aliphatic heterocycles. The fourth-order valence-corrected chi connectivity index (χ4v) is 3.75. The highest BCUT2D eigenvalue weighted by atomic mass is 19.1.